The molecule has 0 N–H and O–H groups in total. The molecule has 0 bridgehead atoms. The lowest BCUT2D eigenvalue weighted by Gasteiger charge is -2.23. The minimum atomic E-state index is 0.665. The van der Waals surface area contributed by atoms with E-state index in [2.05, 4.69) is 51.4 Å². The zero-order chi connectivity index (χ0) is 14.5. The van der Waals surface area contributed by atoms with Crippen molar-refractivity contribution in [2.45, 2.75) is 31.6 Å². The van der Waals surface area contributed by atoms with Crippen LogP contribution in [0.4, 0.5) is 0 Å². The fourth-order valence-electron chi connectivity index (χ4n) is 2.71. The molecular weight excluding hydrogens is 326 g/mol. The second kappa shape index (κ2) is 6.90. The zero-order valence-electron chi connectivity index (χ0n) is 11.8. The van der Waals surface area contributed by atoms with Gasteiger partial charge in [0.05, 0.1) is 5.71 Å². The lowest BCUT2D eigenvalue weighted by molar-refractivity contribution is 0.335. The molecule has 1 fully saturated rings. The minimum Gasteiger partial charge on any atom is -0.357 e. The summed E-state index contributed by atoms with van der Waals surface area (Å²) >= 11 is 3.41. The van der Waals surface area contributed by atoms with Crippen molar-refractivity contribution in [3.05, 3.63) is 64.6 Å². The summed E-state index contributed by atoms with van der Waals surface area (Å²) in [6, 6.07) is 18.5. The summed E-state index contributed by atoms with van der Waals surface area (Å²) in [5.74, 6) is 1.45. The maximum absolute atomic E-state index is 5.51. The number of hydrogen-bond acceptors (Lipinski definition) is 2. The van der Waals surface area contributed by atoms with Gasteiger partial charge in [0.15, 0.2) is 5.75 Å². The van der Waals surface area contributed by atoms with Crippen LogP contribution in [-0.4, -0.2) is 5.71 Å². The van der Waals surface area contributed by atoms with E-state index in [0.717, 1.165) is 35.9 Å². The van der Waals surface area contributed by atoms with E-state index >= 15 is 0 Å². The van der Waals surface area contributed by atoms with Crippen molar-refractivity contribution in [1.29, 1.82) is 0 Å². The molecular formula is C18H18BrNO. The largest absolute Gasteiger partial charge is 0.357 e. The van der Waals surface area contributed by atoms with E-state index in [0.29, 0.717) is 5.92 Å². The van der Waals surface area contributed by atoms with Crippen LogP contribution in [0.2, 0.25) is 0 Å². The quantitative estimate of drug-likeness (QED) is 0.670. The van der Waals surface area contributed by atoms with Crippen molar-refractivity contribution in [3.63, 3.8) is 0 Å². The van der Waals surface area contributed by atoms with Gasteiger partial charge in [-0.2, -0.15) is 0 Å². The van der Waals surface area contributed by atoms with Crippen molar-refractivity contribution in [2.75, 3.05) is 0 Å². The predicted molar refractivity (Wildman–Crippen MR) is 89.9 cm³/mol. The van der Waals surface area contributed by atoms with Gasteiger partial charge < -0.3 is 4.84 Å². The Morgan fingerprint density at radius 3 is 2.24 bits per heavy atom. The number of benzene rings is 2. The summed E-state index contributed by atoms with van der Waals surface area (Å²) in [5.41, 5.74) is 2.62. The molecule has 0 heterocycles. The minimum absolute atomic E-state index is 0.665. The molecule has 0 atom stereocenters. The molecule has 21 heavy (non-hydrogen) atoms. The summed E-state index contributed by atoms with van der Waals surface area (Å²) in [7, 11) is 0. The fraction of sp³-hybridized carbons (Fsp3) is 0.278. The second-order valence-corrected chi connectivity index (χ2v) is 6.30. The van der Waals surface area contributed by atoms with E-state index in [9.17, 15) is 0 Å². The van der Waals surface area contributed by atoms with E-state index in [-0.39, 0.29) is 0 Å². The molecule has 2 aromatic rings. The maximum Gasteiger partial charge on any atom is 0.158 e. The molecule has 0 aliphatic heterocycles. The lowest BCUT2D eigenvalue weighted by atomic mass is 9.83. The van der Waals surface area contributed by atoms with Crippen LogP contribution in [0.5, 0.6) is 5.75 Å². The van der Waals surface area contributed by atoms with Gasteiger partial charge in [-0.3, -0.25) is 0 Å². The molecule has 1 saturated carbocycles. The average molecular weight is 344 g/mol. The SMILES string of the molecule is Brc1ccc(ON=C2CCC(c3ccccc3)CC2)cc1. The van der Waals surface area contributed by atoms with Gasteiger partial charge >= 0.3 is 0 Å². The predicted octanol–water partition coefficient (Wildman–Crippen LogP) is 5.54. The number of halogens is 1. The van der Waals surface area contributed by atoms with Crippen LogP contribution in [0.3, 0.4) is 0 Å². The normalized spacial score (nSPS) is 18.3. The molecule has 0 radical (unpaired) electrons. The molecule has 1 aliphatic rings. The molecule has 0 spiro atoms. The molecule has 3 heteroatoms. The molecule has 2 aromatic carbocycles. The van der Waals surface area contributed by atoms with Gasteiger partial charge in [-0.05, 0) is 61.4 Å². The molecule has 0 aromatic heterocycles. The lowest BCUT2D eigenvalue weighted by Crippen LogP contribution is -2.13. The smallest absolute Gasteiger partial charge is 0.158 e. The zero-order valence-corrected chi connectivity index (χ0v) is 13.4. The molecule has 0 saturated heterocycles. The first-order chi connectivity index (χ1) is 10.3. The van der Waals surface area contributed by atoms with Crippen LogP contribution >= 0.6 is 15.9 Å². The van der Waals surface area contributed by atoms with Gasteiger partial charge in [-0.1, -0.05) is 51.4 Å². The Kier molecular flexibility index (Phi) is 4.71. The number of rotatable bonds is 3. The van der Waals surface area contributed by atoms with Gasteiger partial charge in [0.1, 0.15) is 0 Å². The van der Waals surface area contributed by atoms with E-state index in [1.807, 2.05) is 24.3 Å². The molecule has 3 rings (SSSR count). The van der Waals surface area contributed by atoms with Crippen LogP contribution in [0, 0.1) is 0 Å². The Labute approximate surface area is 134 Å². The third-order valence-electron chi connectivity index (χ3n) is 3.93. The Bertz CT molecular complexity index is 597. The summed E-state index contributed by atoms with van der Waals surface area (Å²) in [4.78, 5) is 5.51. The fourth-order valence-corrected chi connectivity index (χ4v) is 2.98. The van der Waals surface area contributed by atoms with E-state index in [1.165, 1.54) is 11.3 Å². The van der Waals surface area contributed by atoms with Crippen LogP contribution in [0.1, 0.15) is 37.2 Å². The number of hydrogen-bond donors (Lipinski definition) is 0. The van der Waals surface area contributed by atoms with Crippen molar-refractivity contribution >= 4 is 21.6 Å². The Morgan fingerprint density at radius 1 is 0.905 bits per heavy atom. The Morgan fingerprint density at radius 2 is 1.57 bits per heavy atom. The van der Waals surface area contributed by atoms with Crippen LogP contribution < -0.4 is 4.84 Å². The molecule has 0 unspecified atom stereocenters. The van der Waals surface area contributed by atoms with Crippen LogP contribution in [-0.2, 0) is 0 Å². The van der Waals surface area contributed by atoms with Gasteiger partial charge in [-0.15, -0.1) is 0 Å². The number of oxime groups is 1. The highest BCUT2D eigenvalue weighted by Gasteiger charge is 2.19. The number of nitrogens with zero attached hydrogens (tertiary/aromatic N) is 1. The third-order valence-corrected chi connectivity index (χ3v) is 4.46. The first-order valence-electron chi connectivity index (χ1n) is 7.34. The van der Waals surface area contributed by atoms with Crippen LogP contribution in [0.15, 0.2) is 64.2 Å². The monoisotopic (exact) mass is 343 g/mol. The van der Waals surface area contributed by atoms with Gasteiger partial charge in [0.2, 0.25) is 0 Å². The highest BCUT2D eigenvalue weighted by atomic mass is 79.9. The molecule has 2 nitrogen and oxygen atoms in total. The topological polar surface area (TPSA) is 21.6 Å². The van der Waals surface area contributed by atoms with E-state index in [4.69, 9.17) is 4.84 Å². The Balaban J connectivity index is 1.55. The van der Waals surface area contributed by atoms with Gasteiger partial charge in [-0.25, -0.2) is 0 Å². The Hall–Kier alpha value is -1.61. The summed E-state index contributed by atoms with van der Waals surface area (Å²) in [6.45, 7) is 0. The molecule has 1 aliphatic carbocycles. The third kappa shape index (κ3) is 3.94. The van der Waals surface area contributed by atoms with Gasteiger partial charge in [0, 0.05) is 4.47 Å². The highest BCUT2D eigenvalue weighted by molar-refractivity contribution is 9.10. The summed E-state index contributed by atoms with van der Waals surface area (Å²) in [6.07, 6.45) is 4.37. The van der Waals surface area contributed by atoms with Crippen molar-refractivity contribution < 1.29 is 4.84 Å². The van der Waals surface area contributed by atoms with Gasteiger partial charge in [0.25, 0.3) is 0 Å². The van der Waals surface area contributed by atoms with Crippen molar-refractivity contribution in [2.24, 2.45) is 5.16 Å². The first kappa shape index (κ1) is 14.3. The van der Waals surface area contributed by atoms with E-state index in [1.54, 1.807) is 0 Å². The van der Waals surface area contributed by atoms with Crippen molar-refractivity contribution in [1.82, 2.24) is 0 Å². The van der Waals surface area contributed by atoms with Crippen LogP contribution in [0.25, 0.3) is 0 Å². The summed E-state index contributed by atoms with van der Waals surface area (Å²) in [5, 5.41) is 4.31. The first-order valence-corrected chi connectivity index (χ1v) is 8.14. The second-order valence-electron chi connectivity index (χ2n) is 5.39. The average Bonchev–Trinajstić information content (AvgIpc) is 2.56. The highest BCUT2D eigenvalue weighted by Crippen LogP contribution is 2.31. The molecule has 108 valence electrons. The standard InChI is InChI=1S/C18H18BrNO/c19-16-8-12-18(13-9-16)21-20-17-10-6-15(7-11-17)14-4-2-1-3-5-14/h1-5,8-9,12-13,15H,6-7,10-11H2. The van der Waals surface area contributed by atoms with Crippen molar-refractivity contribution in [3.8, 4) is 5.75 Å². The summed E-state index contributed by atoms with van der Waals surface area (Å²) < 4.78 is 1.05. The molecule has 0 amide bonds. The van der Waals surface area contributed by atoms with E-state index < -0.39 is 0 Å². The maximum atomic E-state index is 5.51.